The number of benzene rings is 1. The summed E-state index contributed by atoms with van der Waals surface area (Å²) < 4.78 is 18.3. The number of nitrogen functional groups attached to an aromatic ring is 1. The third-order valence-corrected chi connectivity index (χ3v) is 4.57. The first-order valence-electron chi connectivity index (χ1n) is 8.59. The highest BCUT2D eigenvalue weighted by Crippen LogP contribution is 2.29. The molecule has 5 aromatic rings. The Balaban J connectivity index is 1.58. The van der Waals surface area contributed by atoms with Crippen molar-refractivity contribution >= 4 is 22.4 Å². The van der Waals surface area contributed by atoms with Crippen LogP contribution < -0.4 is 5.73 Å². The number of halogens is 1. The van der Waals surface area contributed by atoms with E-state index in [-0.39, 0.29) is 11.6 Å². The smallest absolute Gasteiger partial charge is 0.193 e. The summed E-state index contributed by atoms with van der Waals surface area (Å²) in [6.45, 7) is 0. The van der Waals surface area contributed by atoms with Gasteiger partial charge in [0.2, 0.25) is 0 Å². The molecule has 0 saturated carbocycles. The predicted octanol–water partition coefficient (Wildman–Crippen LogP) is 2.71. The molecule has 4 aromatic heterocycles. The van der Waals surface area contributed by atoms with Crippen LogP contribution in [0.15, 0.2) is 55.0 Å². The second-order valence-electron chi connectivity index (χ2n) is 6.53. The molecule has 1 aromatic carbocycles. The molecular formula is C19H15FN8. The van der Waals surface area contributed by atoms with Crippen LogP contribution in [0.5, 0.6) is 0 Å². The molecule has 0 aliphatic carbocycles. The molecule has 0 radical (unpaired) electrons. The molecule has 0 saturated heterocycles. The average molecular weight is 374 g/mol. The molecule has 0 fully saturated rings. The first-order valence-corrected chi connectivity index (χ1v) is 8.59. The number of nitrogens with zero attached hydrogens (tertiary/aromatic N) is 7. The first-order chi connectivity index (χ1) is 13.6. The van der Waals surface area contributed by atoms with Gasteiger partial charge in [-0.25, -0.2) is 4.39 Å². The number of pyridine rings is 1. The summed E-state index contributed by atoms with van der Waals surface area (Å²) in [5.74, 6) is 0.350. The molecule has 1 atom stereocenters. The van der Waals surface area contributed by atoms with Gasteiger partial charge in [0, 0.05) is 36.0 Å². The van der Waals surface area contributed by atoms with Crippen LogP contribution in [-0.2, 0) is 7.05 Å². The van der Waals surface area contributed by atoms with Crippen LogP contribution in [0, 0.1) is 0 Å². The molecule has 2 N–H and O–H groups in total. The lowest BCUT2D eigenvalue weighted by molar-refractivity contribution is 0.378. The lowest BCUT2D eigenvalue weighted by atomic mass is 10.0. The zero-order chi connectivity index (χ0) is 19.3. The number of nitrogens with two attached hydrogens (primary N) is 1. The van der Waals surface area contributed by atoms with Crippen LogP contribution in [0.25, 0.3) is 27.7 Å². The van der Waals surface area contributed by atoms with Crippen LogP contribution in [-0.4, -0.2) is 34.6 Å². The standard InChI is InChI=1S/C19H15FN8/c1-27-10-14(9-23-27)13-7-12-6-11(2-3-15(12)22-8-13)18(20)19-25-24-17-5-4-16(21)26-28(17)19/h2-10,18H,1H3,(H2,21,26). The Bertz CT molecular complexity index is 1320. The summed E-state index contributed by atoms with van der Waals surface area (Å²) in [6.07, 6.45) is 3.95. The maximum Gasteiger partial charge on any atom is 0.193 e. The minimum absolute atomic E-state index is 0.0815. The summed E-state index contributed by atoms with van der Waals surface area (Å²) >= 11 is 0. The van der Waals surface area contributed by atoms with Gasteiger partial charge < -0.3 is 5.73 Å². The Morgan fingerprint density at radius 2 is 1.93 bits per heavy atom. The van der Waals surface area contributed by atoms with Crippen molar-refractivity contribution in [2.75, 3.05) is 5.73 Å². The van der Waals surface area contributed by atoms with Gasteiger partial charge in [-0.15, -0.1) is 15.3 Å². The Hall–Kier alpha value is -3.88. The van der Waals surface area contributed by atoms with Crippen LogP contribution in [0.2, 0.25) is 0 Å². The zero-order valence-corrected chi connectivity index (χ0v) is 14.9. The summed E-state index contributed by atoms with van der Waals surface area (Å²) in [6, 6.07) is 10.5. The number of alkyl halides is 1. The van der Waals surface area contributed by atoms with E-state index < -0.39 is 6.17 Å². The highest BCUT2D eigenvalue weighted by Gasteiger charge is 2.21. The first kappa shape index (κ1) is 16.3. The van der Waals surface area contributed by atoms with Gasteiger partial charge in [-0.2, -0.15) is 9.61 Å². The number of hydrogen-bond acceptors (Lipinski definition) is 6. The molecule has 1 unspecified atom stereocenters. The normalized spacial score (nSPS) is 12.6. The fourth-order valence-corrected chi connectivity index (χ4v) is 3.16. The topological polar surface area (TPSA) is 99.8 Å². The molecule has 0 aliphatic heterocycles. The fraction of sp³-hybridized carbons (Fsp3) is 0.105. The van der Waals surface area contributed by atoms with Gasteiger partial charge in [-0.3, -0.25) is 9.67 Å². The SMILES string of the molecule is Cn1cc(-c2cnc3ccc(C(F)c4nnc5ccc(N)nn45)cc3c2)cn1. The molecule has 28 heavy (non-hydrogen) atoms. The van der Waals surface area contributed by atoms with Crippen molar-refractivity contribution in [3.8, 4) is 11.1 Å². The monoisotopic (exact) mass is 374 g/mol. The zero-order valence-electron chi connectivity index (χ0n) is 14.9. The molecule has 5 rings (SSSR count). The molecule has 9 heteroatoms. The van der Waals surface area contributed by atoms with Crippen molar-refractivity contribution in [1.29, 1.82) is 0 Å². The van der Waals surface area contributed by atoms with Gasteiger partial charge >= 0.3 is 0 Å². The second-order valence-corrected chi connectivity index (χ2v) is 6.53. The summed E-state index contributed by atoms with van der Waals surface area (Å²) in [5.41, 5.74) is 9.23. The summed E-state index contributed by atoms with van der Waals surface area (Å²) in [4.78, 5) is 4.47. The molecular weight excluding hydrogens is 359 g/mol. The van der Waals surface area contributed by atoms with Crippen molar-refractivity contribution in [1.82, 2.24) is 34.6 Å². The number of aromatic nitrogens is 7. The molecule has 0 aliphatic rings. The largest absolute Gasteiger partial charge is 0.382 e. The third-order valence-electron chi connectivity index (χ3n) is 4.57. The van der Waals surface area contributed by atoms with Crippen LogP contribution in [0.1, 0.15) is 17.6 Å². The average Bonchev–Trinajstić information content (AvgIpc) is 3.32. The van der Waals surface area contributed by atoms with Crippen molar-refractivity contribution in [2.24, 2.45) is 7.05 Å². The Morgan fingerprint density at radius 3 is 2.75 bits per heavy atom. The highest BCUT2D eigenvalue weighted by molar-refractivity contribution is 5.84. The maximum absolute atomic E-state index is 15.3. The Labute approximate surface area is 158 Å². The van der Waals surface area contributed by atoms with Gasteiger partial charge in [-0.1, -0.05) is 6.07 Å². The Morgan fingerprint density at radius 1 is 1.04 bits per heavy atom. The summed E-state index contributed by atoms with van der Waals surface area (Å²) in [5, 5.41) is 17.0. The number of hydrogen-bond donors (Lipinski definition) is 1. The van der Waals surface area contributed by atoms with Gasteiger partial charge in [0.25, 0.3) is 0 Å². The van der Waals surface area contributed by atoms with E-state index in [9.17, 15) is 0 Å². The lowest BCUT2D eigenvalue weighted by Gasteiger charge is -2.09. The Kier molecular flexibility index (Phi) is 3.54. The minimum Gasteiger partial charge on any atom is -0.382 e. The molecule has 8 nitrogen and oxygen atoms in total. The van der Waals surface area contributed by atoms with E-state index in [2.05, 4.69) is 25.4 Å². The quantitative estimate of drug-likeness (QED) is 0.521. The minimum atomic E-state index is -1.50. The number of rotatable bonds is 3. The van der Waals surface area contributed by atoms with Crippen LogP contribution >= 0.6 is 0 Å². The molecule has 0 bridgehead atoms. The van der Waals surface area contributed by atoms with E-state index in [0.29, 0.717) is 11.2 Å². The lowest BCUT2D eigenvalue weighted by Crippen LogP contribution is -2.05. The molecule has 138 valence electrons. The van der Waals surface area contributed by atoms with Gasteiger partial charge in [-0.05, 0) is 35.9 Å². The van der Waals surface area contributed by atoms with Crippen LogP contribution in [0.4, 0.5) is 10.2 Å². The fourth-order valence-electron chi connectivity index (χ4n) is 3.16. The summed E-state index contributed by atoms with van der Waals surface area (Å²) in [7, 11) is 1.85. The van der Waals surface area contributed by atoms with E-state index in [4.69, 9.17) is 5.73 Å². The van der Waals surface area contributed by atoms with E-state index in [1.165, 1.54) is 4.52 Å². The number of fused-ring (bicyclic) bond motifs is 2. The highest BCUT2D eigenvalue weighted by atomic mass is 19.1. The molecule has 0 amide bonds. The van der Waals surface area contributed by atoms with Crippen molar-refractivity contribution in [2.45, 2.75) is 6.17 Å². The van der Waals surface area contributed by atoms with Gasteiger partial charge in [0.1, 0.15) is 5.82 Å². The van der Waals surface area contributed by atoms with Crippen molar-refractivity contribution in [3.05, 3.63) is 66.4 Å². The van der Waals surface area contributed by atoms with Gasteiger partial charge in [0.05, 0.1) is 11.7 Å². The van der Waals surface area contributed by atoms with Crippen molar-refractivity contribution in [3.63, 3.8) is 0 Å². The van der Waals surface area contributed by atoms with Crippen LogP contribution in [0.3, 0.4) is 0 Å². The maximum atomic E-state index is 15.3. The van der Waals surface area contributed by atoms with Gasteiger partial charge in [0.15, 0.2) is 17.6 Å². The van der Waals surface area contributed by atoms with E-state index in [1.54, 1.807) is 47.4 Å². The molecule has 4 heterocycles. The van der Waals surface area contributed by atoms with E-state index in [0.717, 1.165) is 22.0 Å². The second kappa shape index (κ2) is 6.08. The third kappa shape index (κ3) is 2.64. The predicted molar refractivity (Wildman–Crippen MR) is 102 cm³/mol. The van der Waals surface area contributed by atoms with Crippen molar-refractivity contribution < 1.29 is 4.39 Å². The number of anilines is 1. The number of aryl methyl sites for hydroxylation is 1. The molecule has 0 spiro atoms. The van der Waals surface area contributed by atoms with E-state index >= 15 is 4.39 Å². The van der Waals surface area contributed by atoms with E-state index in [1.807, 2.05) is 19.3 Å².